The van der Waals surface area contributed by atoms with E-state index in [0.717, 1.165) is 17.7 Å². The molecule has 158 valence electrons. The molecule has 2 aliphatic rings. The highest BCUT2D eigenvalue weighted by molar-refractivity contribution is 6.01. The van der Waals surface area contributed by atoms with E-state index in [0.29, 0.717) is 31.6 Å². The van der Waals surface area contributed by atoms with Crippen molar-refractivity contribution in [3.8, 4) is 0 Å². The Balaban J connectivity index is 1.80. The summed E-state index contributed by atoms with van der Waals surface area (Å²) in [5.74, 6) is -3.07. The van der Waals surface area contributed by atoms with Crippen molar-refractivity contribution in [2.75, 3.05) is 31.1 Å². The van der Waals surface area contributed by atoms with Crippen LogP contribution in [-0.2, 0) is 4.79 Å². The molecule has 0 bridgehead atoms. The summed E-state index contributed by atoms with van der Waals surface area (Å²) < 4.78 is 38.1. The summed E-state index contributed by atoms with van der Waals surface area (Å²) >= 11 is 0. The van der Waals surface area contributed by atoms with Gasteiger partial charge >= 0.3 is 12.1 Å². The molecule has 0 saturated carbocycles. The lowest BCUT2D eigenvalue weighted by Gasteiger charge is -2.48. The summed E-state index contributed by atoms with van der Waals surface area (Å²) in [7, 11) is 0. The zero-order valence-corrected chi connectivity index (χ0v) is 15.8. The number of rotatable bonds is 3. The van der Waals surface area contributed by atoms with Crippen LogP contribution in [0.15, 0.2) is 18.2 Å². The van der Waals surface area contributed by atoms with Crippen LogP contribution in [0.3, 0.4) is 0 Å². The van der Waals surface area contributed by atoms with Gasteiger partial charge in [-0.1, -0.05) is 0 Å². The van der Waals surface area contributed by atoms with Crippen LogP contribution in [0.5, 0.6) is 0 Å². The Morgan fingerprint density at radius 2 is 1.62 bits per heavy atom. The number of hydrogen-bond acceptors (Lipinski definition) is 4. The number of amides is 3. The number of anilines is 1. The zero-order chi connectivity index (χ0) is 21.4. The molecular formula is C19H23F3N4O3. The number of piperidine rings is 2. The molecule has 0 unspecified atom stereocenters. The molecule has 2 fully saturated rings. The van der Waals surface area contributed by atoms with E-state index in [4.69, 9.17) is 11.5 Å². The van der Waals surface area contributed by atoms with Gasteiger partial charge in [0.1, 0.15) is 0 Å². The Morgan fingerprint density at radius 1 is 0.966 bits per heavy atom. The smallest absolute Gasteiger partial charge is 0.370 e. The maximum Gasteiger partial charge on any atom is 0.471 e. The lowest BCUT2D eigenvalue weighted by atomic mass is 9.72. The van der Waals surface area contributed by atoms with Gasteiger partial charge in [0.05, 0.1) is 11.3 Å². The first-order valence-electron chi connectivity index (χ1n) is 9.37. The Hall–Kier alpha value is -2.78. The maximum atomic E-state index is 12.7. The molecule has 3 rings (SSSR count). The molecule has 7 nitrogen and oxygen atoms in total. The number of halogens is 3. The molecule has 0 aliphatic carbocycles. The van der Waals surface area contributed by atoms with Crippen LogP contribution in [0.2, 0.25) is 0 Å². The molecule has 2 saturated heterocycles. The van der Waals surface area contributed by atoms with Gasteiger partial charge in [-0.25, -0.2) is 0 Å². The summed E-state index contributed by atoms with van der Waals surface area (Å²) in [6.45, 7) is 1.20. The first kappa shape index (κ1) is 20.9. The van der Waals surface area contributed by atoms with Gasteiger partial charge in [-0.3, -0.25) is 14.4 Å². The van der Waals surface area contributed by atoms with Gasteiger partial charge in [-0.2, -0.15) is 13.2 Å². The van der Waals surface area contributed by atoms with Crippen molar-refractivity contribution in [1.29, 1.82) is 0 Å². The fourth-order valence-corrected chi connectivity index (χ4v) is 4.34. The molecule has 10 heteroatoms. The number of benzene rings is 1. The van der Waals surface area contributed by atoms with Gasteiger partial charge in [-0.15, -0.1) is 0 Å². The SMILES string of the molecule is NC(=O)c1ccc(C(N)=O)c(N2CCCC3(CCN(C(=O)C(F)(F)F)CC3)C2)c1. The topological polar surface area (TPSA) is 110 Å². The van der Waals surface area contributed by atoms with Crippen molar-refractivity contribution in [1.82, 2.24) is 4.90 Å². The number of carbonyl (C=O) groups excluding carboxylic acids is 3. The van der Waals surface area contributed by atoms with Crippen molar-refractivity contribution in [2.45, 2.75) is 31.9 Å². The fraction of sp³-hybridized carbons (Fsp3) is 0.526. The summed E-state index contributed by atoms with van der Waals surface area (Å²) in [6, 6.07) is 4.43. The average molecular weight is 412 g/mol. The minimum Gasteiger partial charge on any atom is -0.370 e. The van der Waals surface area contributed by atoms with Crippen molar-refractivity contribution in [3.05, 3.63) is 29.3 Å². The lowest BCUT2D eigenvalue weighted by molar-refractivity contribution is -0.187. The molecule has 2 heterocycles. The van der Waals surface area contributed by atoms with Gasteiger partial charge in [-0.05, 0) is 49.3 Å². The molecule has 0 aromatic heterocycles. The molecule has 1 spiro atoms. The number of likely N-dealkylation sites (tertiary alicyclic amines) is 1. The number of nitrogens with zero attached hydrogens (tertiary/aromatic N) is 2. The minimum absolute atomic E-state index is 0.0379. The highest BCUT2D eigenvalue weighted by Gasteiger charge is 2.46. The molecule has 2 aliphatic heterocycles. The Morgan fingerprint density at radius 3 is 2.17 bits per heavy atom. The molecule has 29 heavy (non-hydrogen) atoms. The van der Waals surface area contributed by atoms with E-state index in [1.54, 1.807) is 0 Å². The number of carbonyl (C=O) groups is 3. The number of primary amides is 2. The second-order valence-electron chi connectivity index (χ2n) is 7.78. The van der Waals surface area contributed by atoms with E-state index in [2.05, 4.69) is 0 Å². The normalized spacial score (nSPS) is 19.3. The van der Waals surface area contributed by atoms with Gasteiger partial charge in [0.2, 0.25) is 5.91 Å². The summed E-state index contributed by atoms with van der Waals surface area (Å²) in [6.07, 6.45) is -2.40. The molecule has 3 amide bonds. The molecule has 4 N–H and O–H groups in total. The minimum atomic E-state index is -4.87. The van der Waals surface area contributed by atoms with Crippen LogP contribution in [0, 0.1) is 5.41 Å². The monoisotopic (exact) mass is 412 g/mol. The Labute approximate surface area is 165 Å². The first-order valence-corrected chi connectivity index (χ1v) is 9.37. The van der Waals surface area contributed by atoms with Crippen molar-refractivity contribution in [2.24, 2.45) is 16.9 Å². The van der Waals surface area contributed by atoms with Crippen LogP contribution in [0.4, 0.5) is 18.9 Å². The number of nitrogens with two attached hydrogens (primary N) is 2. The predicted molar refractivity (Wildman–Crippen MR) is 99.2 cm³/mol. The third-order valence-electron chi connectivity index (χ3n) is 5.90. The van der Waals surface area contributed by atoms with Crippen LogP contribution in [0.1, 0.15) is 46.4 Å². The second kappa shape index (κ2) is 7.57. The maximum absolute atomic E-state index is 12.7. The predicted octanol–water partition coefficient (Wildman–Crippen LogP) is 1.66. The van der Waals surface area contributed by atoms with Crippen molar-refractivity contribution >= 4 is 23.4 Å². The van der Waals surface area contributed by atoms with E-state index in [1.807, 2.05) is 4.90 Å². The number of alkyl halides is 3. The van der Waals surface area contributed by atoms with Crippen molar-refractivity contribution in [3.63, 3.8) is 0 Å². The van der Waals surface area contributed by atoms with Crippen LogP contribution in [0.25, 0.3) is 0 Å². The van der Waals surface area contributed by atoms with E-state index in [-0.39, 0.29) is 29.6 Å². The number of hydrogen-bond donors (Lipinski definition) is 2. The second-order valence-corrected chi connectivity index (χ2v) is 7.78. The highest BCUT2D eigenvalue weighted by atomic mass is 19.4. The van der Waals surface area contributed by atoms with Crippen molar-refractivity contribution < 1.29 is 27.6 Å². The molecule has 1 aromatic rings. The van der Waals surface area contributed by atoms with Gasteiger partial charge in [0.15, 0.2) is 0 Å². The van der Waals surface area contributed by atoms with E-state index in [9.17, 15) is 27.6 Å². The zero-order valence-electron chi connectivity index (χ0n) is 15.8. The fourth-order valence-electron chi connectivity index (χ4n) is 4.34. The van der Waals surface area contributed by atoms with Crippen LogP contribution in [-0.4, -0.2) is 55.0 Å². The average Bonchev–Trinajstić information content (AvgIpc) is 2.67. The summed E-state index contributed by atoms with van der Waals surface area (Å²) in [5, 5.41) is 0. The highest BCUT2D eigenvalue weighted by Crippen LogP contribution is 2.42. The van der Waals surface area contributed by atoms with Gasteiger partial charge in [0, 0.05) is 31.7 Å². The van der Waals surface area contributed by atoms with Gasteiger partial charge in [0.25, 0.3) is 5.91 Å². The Bertz CT molecular complexity index is 832. The summed E-state index contributed by atoms with van der Waals surface area (Å²) in [5.41, 5.74) is 11.6. The van der Waals surface area contributed by atoms with Crippen LogP contribution < -0.4 is 16.4 Å². The molecular weight excluding hydrogens is 389 g/mol. The van der Waals surface area contributed by atoms with E-state index >= 15 is 0 Å². The Kier molecular flexibility index (Phi) is 5.46. The third-order valence-corrected chi connectivity index (χ3v) is 5.90. The van der Waals surface area contributed by atoms with Crippen LogP contribution >= 0.6 is 0 Å². The quantitative estimate of drug-likeness (QED) is 0.787. The largest absolute Gasteiger partial charge is 0.471 e. The first-order chi connectivity index (χ1) is 13.5. The standard InChI is InChI=1S/C19H23F3N4O3/c20-19(21,22)17(29)25-8-5-18(6-9-25)4-1-7-26(11-18)14-10-12(15(23)27)2-3-13(14)16(24)28/h2-3,10H,1,4-9,11H2,(H2,23,27)(H2,24,28). The third kappa shape index (κ3) is 4.30. The van der Waals surface area contributed by atoms with Gasteiger partial charge < -0.3 is 21.3 Å². The van der Waals surface area contributed by atoms with E-state index < -0.39 is 23.9 Å². The van der Waals surface area contributed by atoms with E-state index in [1.165, 1.54) is 18.2 Å². The molecule has 1 aromatic carbocycles. The lowest BCUT2D eigenvalue weighted by Crippen LogP contribution is -2.53. The summed E-state index contributed by atoms with van der Waals surface area (Å²) in [4.78, 5) is 37.7. The molecule has 0 atom stereocenters. The molecule has 0 radical (unpaired) electrons.